The molecule has 0 aliphatic carbocycles. The van der Waals surface area contributed by atoms with Gasteiger partial charge in [0.2, 0.25) is 5.54 Å². The monoisotopic (exact) mass is 396 g/mol. The Morgan fingerprint density at radius 3 is 1.96 bits per heavy atom. The Morgan fingerprint density at radius 2 is 1.60 bits per heavy atom. The summed E-state index contributed by atoms with van der Waals surface area (Å²) >= 11 is 0. The number of rotatable bonds is 6. The fraction of sp³-hybridized carbons (Fsp3) is 0.545. The Kier molecular flexibility index (Phi) is 5.40. The molecule has 25 heavy (non-hydrogen) atoms. The molecule has 0 saturated heterocycles. The second-order valence-corrected chi connectivity index (χ2v) is 6.73. The lowest BCUT2D eigenvalue weighted by Gasteiger charge is -2.36. The van der Waals surface area contributed by atoms with E-state index in [2.05, 4.69) is 16.3 Å². The van der Waals surface area contributed by atoms with Gasteiger partial charge in [0.05, 0.1) is 0 Å². The zero-order chi connectivity index (χ0) is 19.8. The minimum Gasteiger partial charge on any atom is -0.360 e. The summed E-state index contributed by atoms with van der Waals surface area (Å²) in [5, 5.41) is 4.47. The van der Waals surface area contributed by atoms with Crippen molar-refractivity contribution in [3.63, 3.8) is 0 Å². The molecule has 1 rings (SSSR count). The number of hydrazine groups is 1. The van der Waals surface area contributed by atoms with Crippen LogP contribution in [-0.2, 0) is 10.0 Å². The Hall–Kier alpha value is -1.96. The van der Waals surface area contributed by atoms with Crippen LogP contribution < -0.4 is 15.6 Å². The van der Waals surface area contributed by atoms with Crippen LogP contribution in [-0.4, -0.2) is 31.5 Å². The molecule has 144 valence electrons. The number of aromatic nitrogens is 1. The zero-order valence-electron chi connectivity index (χ0n) is 13.1. The van der Waals surface area contributed by atoms with Crippen LogP contribution >= 0.6 is 0 Å². The van der Waals surface area contributed by atoms with Gasteiger partial charge in [-0.15, -0.1) is 4.83 Å². The summed E-state index contributed by atoms with van der Waals surface area (Å²) in [4.78, 5) is 1.18. The number of hydrogen-bond acceptors (Lipinski definition) is 6. The zero-order valence-corrected chi connectivity index (χ0v) is 13.9. The molecule has 0 saturated carbocycles. The first-order chi connectivity index (χ1) is 11.0. The van der Waals surface area contributed by atoms with Crippen LogP contribution in [0.15, 0.2) is 21.8 Å². The summed E-state index contributed by atoms with van der Waals surface area (Å²) in [6.07, 6.45) is -11.5. The average molecular weight is 396 g/mol. The van der Waals surface area contributed by atoms with Crippen molar-refractivity contribution < 1.29 is 39.3 Å². The molecule has 1 heterocycles. The molecular formula is C11H14F6N4O3S. The van der Waals surface area contributed by atoms with Crippen molar-refractivity contribution >= 4 is 10.0 Å². The first kappa shape index (κ1) is 21.1. The minimum atomic E-state index is -5.73. The number of alkyl halides is 6. The molecule has 0 atom stereocenters. The number of nitrogens with zero attached hydrogens (tertiary/aromatic N) is 1. The molecule has 0 radical (unpaired) electrons. The van der Waals surface area contributed by atoms with E-state index in [-0.39, 0.29) is 18.4 Å². The molecule has 0 fully saturated rings. The molecule has 7 nitrogen and oxygen atoms in total. The normalized spacial score (nSPS) is 13.6. The highest BCUT2D eigenvalue weighted by Crippen LogP contribution is 2.43. The highest BCUT2D eigenvalue weighted by Gasteiger charge is 2.68. The minimum absolute atomic E-state index is 0.0548. The average Bonchev–Trinajstić information content (AvgIpc) is 2.74. The molecule has 1 aromatic heterocycles. The van der Waals surface area contributed by atoms with Gasteiger partial charge in [-0.1, -0.05) is 11.7 Å². The maximum absolute atomic E-state index is 12.8. The van der Waals surface area contributed by atoms with Crippen LogP contribution in [0.2, 0.25) is 0 Å². The smallest absolute Gasteiger partial charge is 0.360 e. The lowest BCUT2D eigenvalue weighted by Crippen LogP contribution is -2.65. The molecule has 0 bridgehead atoms. The van der Waals surface area contributed by atoms with Gasteiger partial charge in [-0.3, -0.25) is 5.43 Å². The molecule has 14 heteroatoms. The highest BCUT2D eigenvalue weighted by atomic mass is 32.2. The van der Waals surface area contributed by atoms with Gasteiger partial charge in [0, 0.05) is 0 Å². The Bertz CT molecular complexity index is 719. The second kappa shape index (κ2) is 6.40. The highest BCUT2D eigenvalue weighted by molar-refractivity contribution is 7.89. The predicted octanol–water partition coefficient (Wildman–Crippen LogP) is 2.02. The first-order valence-electron chi connectivity index (χ1n) is 6.34. The Morgan fingerprint density at radius 1 is 1.12 bits per heavy atom. The summed E-state index contributed by atoms with van der Waals surface area (Å²) in [7, 11) is -4.38. The van der Waals surface area contributed by atoms with Crippen LogP contribution in [0.25, 0.3) is 0 Å². The summed E-state index contributed by atoms with van der Waals surface area (Å²) < 4.78 is 105. The molecule has 0 aromatic carbocycles. The lowest BCUT2D eigenvalue weighted by molar-refractivity contribution is -0.299. The lowest BCUT2D eigenvalue weighted by atomic mass is 10.0. The van der Waals surface area contributed by atoms with Gasteiger partial charge >= 0.3 is 12.4 Å². The van der Waals surface area contributed by atoms with Crippen LogP contribution in [0.5, 0.6) is 0 Å². The largest absolute Gasteiger partial charge is 0.420 e. The van der Waals surface area contributed by atoms with E-state index in [1.165, 1.54) is 13.8 Å². The Labute approximate surface area is 138 Å². The number of hydrogen-bond donors (Lipinski definition) is 3. The molecular weight excluding hydrogens is 382 g/mol. The van der Waals surface area contributed by atoms with Gasteiger partial charge in [-0.05, 0) is 20.8 Å². The van der Waals surface area contributed by atoms with Gasteiger partial charge in [0.15, 0.2) is 5.76 Å². The third kappa shape index (κ3) is 4.18. The maximum atomic E-state index is 12.8. The van der Waals surface area contributed by atoms with Gasteiger partial charge in [-0.25, -0.2) is 8.42 Å². The van der Waals surface area contributed by atoms with Crippen molar-refractivity contribution in [3.05, 3.63) is 23.9 Å². The van der Waals surface area contributed by atoms with E-state index in [1.54, 1.807) is 10.3 Å². The summed E-state index contributed by atoms with van der Waals surface area (Å²) in [6, 6.07) is 0. The summed E-state index contributed by atoms with van der Waals surface area (Å²) in [6.45, 7) is 5.29. The van der Waals surface area contributed by atoms with Crippen LogP contribution in [0, 0.1) is 13.8 Å². The van der Waals surface area contributed by atoms with Gasteiger partial charge in [0.1, 0.15) is 16.4 Å². The number of halogens is 6. The fourth-order valence-corrected chi connectivity index (χ4v) is 2.88. The first-order valence-corrected chi connectivity index (χ1v) is 7.82. The third-order valence-corrected chi connectivity index (χ3v) is 4.60. The van der Waals surface area contributed by atoms with Crippen molar-refractivity contribution in [2.45, 2.75) is 43.6 Å². The van der Waals surface area contributed by atoms with E-state index in [0.29, 0.717) is 0 Å². The number of aryl methyl sites for hydroxylation is 2. The van der Waals surface area contributed by atoms with Crippen LogP contribution in [0.3, 0.4) is 0 Å². The van der Waals surface area contributed by atoms with Crippen molar-refractivity contribution in [1.29, 1.82) is 0 Å². The SMILES string of the molecule is C=C(NNS(=O)(=O)c1c(C)noc1C)NC(C)(C(F)(F)F)C(F)(F)F. The van der Waals surface area contributed by atoms with Gasteiger partial charge < -0.3 is 9.84 Å². The number of nitrogens with one attached hydrogen (secondary N) is 3. The molecule has 0 unspecified atom stereocenters. The molecule has 0 aliphatic heterocycles. The van der Waals surface area contributed by atoms with E-state index in [9.17, 15) is 34.8 Å². The van der Waals surface area contributed by atoms with E-state index < -0.39 is 38.6 Å². The fourth-order valence-electron chi connectivity index (χ4n) is 1.67. The van der Waals surface area contributed by atoms with Crippen LogP contribution in [0.4, 0.5) is 26.3 Å². The van der Waals surface area contributed by atoms with Crippen molar-refractivity contribution in [2.24, 2.45) is 0 Å². The van der Waals surface area contributed by atoms with Gasteiger partial charge in [-0.2, -0.15) is 26.3 Å². The molecule has 1 aromatic rings. The molecule has 3 N–H and O–H groups in total. The Balaban J connectivity index is 2.94. The van der Waals surface area contributed by atoms with Crippen molar-refractivity contribution in [3.8, 4) is 0 Å². The van der Waals surface area contributed by atoms with E-state index in [4.69, 9.17) is 0 Å². The summed E-state index contributed by atoms with van der Waals surface area (Å²) in [5.74, 6) is -1.20. The molecule has 0 amide bonds. The molecule has 0 aliphatic rings. The topological polar surface area (TPSA) is 96.3 Å². The van der Waals surface area contributed by atoms with E-state index >= 15 is 0 Å². The van der Waals surface area contributed by atoms with E-state index in [1.807, 2.05) is 0 Å². The predicted molar refractivity (Wildman–Crippen MR) is 72.2 cm³/mol. The molecule has 0 spiro atoms. The van der Waals surface area contributed by atoms with Crippen LogP contribution in [0.1, 0.15) is 18.4 Å². The third-order valence-electron chi connectivity index (χ3n) is 3.11. The summed E-state index contributed by atoms with van der Waals surface area (Å²) in [5.41, 5.74) is -2.75. The quantitative estimate of drug-likeness (QED) is 0.503. The van der Waals surface area contributed by atoms with Crippen molar-refractivity contribution in [1.82, 2.24) is 20.7 Å². The maximum Gasteiger partial charge on any atom is 0.420 e. The second-order valence-electron chi connectivity index (χ2n) is 5.11. The number of sulfonamides is 1. The van der Waals surface area contributed by atoms with Crippen molar-refractivity contribution in [2.75, 3.05) is 0 Å². The van der Waals surface area contributed by atoms with Gasteiger partial charge in [0.25, 0.3) is 10.0 Å². The standard InChI is InChI=1S/C11H14F6N4O3S/c1-5-8(6(2)24-20-5)25(22,23)21-19-7(3)18-9(4,10(12,13)14)11(15,16)17/h18-19,21H,3H2,1-2,4H3. The van der Waals surface area contributed by atoms with E-state index in [0.717, 1.165) is 5.32 Å².